The molecular formula is C22H13NO2S. The number of hydrogen-bond acceptors (Lipinski definition) is 3. The van der Waals surface area contributed by atoms with E-state index >= 15 is 0 Å². The van der Waals surface area contributed by atoms with Gasteiger partial charge in [-0.2, -0.15) is 0 Å². The fourth-order valence-electron chi connectivity index (χ4n) is 3.63. The quantitative estimate of drug-likeness (QED) is 0.259. The molecule has 4 aromatic carbocycles. The van der Waals surface area contributed by atoms with E-state index in [1.807, 2.05) is 36.4 Å². The summed E-state index contributed by atoms with van der Waals surface area (Å²) in [5.41, 5.74) is 1.72. The summed E-state index contributed by atoms with van der Waals surface area (Å²) in [7, 11) is 0. The van der Waals surface area contributed by atoms with Gasteiger partial charge in [0.1, 0.15) is 0 Å². The van der Waals surface area contributed by atoms with Gasteiger partial charge in [0.05, 0.1) is 10.5 Å². The molecule has 3 nitrogen and oxygen atoms in total. The molecule has 0 saturated heterocycles. The van der Waals surface area contributed by atoms with E-state index in [2.05, 4.69) is 30.3 Å². The van der Waals surface area contributed by atoms with Crippen LogP contribution in [0.1, 0.15) is 0 Å². The predicted molar refractivity (Wildman–Crippen MR) is 109 cm³/mol. The fourth-order valence-corrected chi connectivity index (χ4v) is 4.90. The molecule has 124 valence electrons. The van der Waals surface area contributed by atoms with Crippen LogP contribution in [0.2, 0.25) is 0 Å². The minimum atomic E-state index is -0.301. The summed E-state index contributed by atoms with van der Waals surface area (Å²) < 4.78 is 2.37. The van der Waals surface area contributed by atoms with Crippen LogP contribution in [0.4, 0.5) is 5.69 Å². The first-order valence-corrected chi connectivity index (χ1v) is 9.12. The largest absolute Gasteiger partial charge is 0.277 e. The van der Waals surface area contributed by atoms with Crippen LogP contribution in [-0.4, -0.2) is 4.92 Å². The summed E-state index contributed by atoms with van der Waals surface area (Å²) in [6, 6.07) is 25.6. The highest BCUT2D eigenvalue weighted by atomic mass is 32.1. The first-order chi connectivity index (χ1) is 12.7. The Morgan fingerprint density at radius 3 is 2.31 bits per heavy atom. The molecule has 0 aliphatic rings. The lowest BCUT2D eigenvalue weighted by atomic mass is 9.94. The Morgan fingerprint density at radius 2 is 1.46 bits per heavy atom. The zero-order valence-electron chi connectivity index (χ0n) is 13.7. The molecule has 4 heteroatoms. The Kier molecular flexibility index (Phi) is 3.27. The van der Waals surface area contributed by atoms with E-state index in [-0.39, 0.29) is 10.6 Å². The summed E-state index contributed by atoms with van der Waals surface area (Å²) in [6.07, 6.45) is 0. The van der Waals surface area contributed by atoms with Crippen LogP contribution in [0.3, 0.4) is 0 Å². The summed E-state index contributed by atoms with van der Waals surface area (Å²) in [5.74, 6) is 0. The number of fused-ring (bicyclic) bond motifs is 5. The van der Waals surface area contributed by atoms with Gasteiger partial charge in [0.25, 0.3) is 5.69 Å². The molecule has 0 atom stereocenters. The molecule has 5 rings (SSSR count). The highest BCUT2D eigenvalue weighted by Gasteiger charge is 2.20. The summed E-state index contributed by atoms with van der Waals surface area (Å²) in [5, 5.41) is 16.1. The van der Waals surface area contributed by atoms with Crippen molar-refractivity contribution in [3.8, 4) is 11.1 Å². The topological polar surface area (TPSA) is 43.1 Å². The number of nitrogens with zero attached hydrogens (tertiary/aromatic N) is 1. The predicted octanol–water partition coefficient (Wildman–Crippen LogP) is 6.78. The number of nitro benzene ring substituents is 1. The minimum absolute atomic E-state index is 0.138. The normalized spacial score (nSPS) is 11.4. The maximum atomic E-state index is 11.6. The lowest BCUT2D eigenvalue weighted by Gasteiger charge is -2.09. The van der Waals surface area contributed by atoms with Gasteiger partial charge >= 0.3 is 0 Å². The van der Waals surface area contributed by atoms with E-state index in [4.69, 9.17) is 0 Å². The van der Waals surface area contributed by atoms with Crippen molar-refractivity contribution in [3.63, 3.8) is 0 Å². The standard InChI is InChI=1S/C22H13NO2S/c24-23(25)19-11-5-3-9-16(19)18-13-14-7-1-2-8-15(14)22-21(18)17-10-4-6-12-20(17)26-22/h1-13H. The minimum Gasteiger partial charge on any atom is -0.258 e. The molecule has 1 aromatic heterocycles. The van der Waals surface area contributed by atoms with Gasteiger partial charge in [-0.05, 0) is 34.5 Å². The summed E-state index contributed by atoms with van der Waals surface area (Å²) >= 11 is 1.74. The Morgan fingerprint density at radius 1 is 0.769 bits per heavy atom. The van der Waals surface area contributed by atoms with Crippen molar-refractivity contribution in [1.82, 2.24) is 0 Å². The molecule has 0 aliphatic carbocycles. The fraction of sp³-hybridized carbons (Fsp3) is 0. The SMILES string of the molecule is O=[N+]([O-])c1ccccc1-c1cc2ccccc2c2sc3ccccc3c12. The molecule has 0 saturated carbocycles. The molecule has 0 spiro atoms. The lowest BCUT2D eigenvalue weighted by Crippen LogP contribution is -1.92. The van der Waals surface area contributed by atoms with Gasteiger partial charge in [0.2, 0.25) is 0 Å². The first-order valence-electron chi connectivity index (χ1n) is 8.31. The Balaban J connectivity index is 2.03. The third-order valence-corrected chi connectivity index (χ3v) is 5.97. The van der Waals surface area contributed by atoms with E-state index < -0.39 is 0 Å². The smallest absolute Gasteiger partial charge is 0.258 e. The van der Waals surface area contributed by atoms with Gasteiger partial charge in [-0.25, -0.2) is 0 Å². The number of para-hydroxylation sites is 1. The number of nitro groups is 1. The van der Waals surface area contributed by atoms with Gasteiger partial charge in [-0.3, -0.25) is 10.1 Å². The molecule has 0 N–H and O–H groups in total. The van der Waals surface area contributed by atoms with Gasteiger partial charge in [0.15, 0.2) is 0 Å². The van der Waals surface area contributed by atoms with Crippen LogP contribution in [0.5, 0.6) is 0 Å². The second-order valence-corrected chi connectivity index (χ2v) is 7.27. The molecule has 0 aliphatic heterocycles. The van der Waals surface area contributed by atoms with Crippen molar-refractivity contribution in [2.24, 2.45) is 0 Å². The molecule has 26 heavy (non-hydrogen) atoms. The van der Waals surface area contributed by atoms with Crippen LogP contribution in [0.25, 0.3) is 42.1 Å². The average molecular weight is 355 g/mol. The number of hydrogen-bond donors (Lipinski definition) is 0. The maximum absolute atomic E-state index is 11.6. The molecule has 0 unspecified atom stereocenters. The Bertz CT molecular complexity index is 1320. The molecule has 0 bridgehead atoms. The van der Waals surface area contributed by atoms with Gasteiger partial charge in [0, 0.05) is 26.2 Å². The van der Waals surface area contributed by atoms with E-state index in [1.54, 1.807) is 23.5 Å². The van der Waals surface area contributed by atoms with Crippen molar-refractivity contribution in [3.05, 3.63) is 89.0 Å². The van der Waals surface area contributed by atoms with Crippen LogP contribution in [-0.2, 0) is 0 Å². The number of rotatable bonds is 2. The van der Waals surface area contributed by atoms with Gasteiger partial charge in [-0.1, -0.05) is 54.6 Å². The zero-order chi connectivity index (χ0) is 17.7. The monoisotopic (exact) mass is 355 g/mol. The second-order valence-electron chi connectivity index (χ2n) is 6.22. The van der Waals surface area contributed by atoms with Gasteiger partial charge < -0.3 is 0 Å². The van der Waals surface area contributed by atoms with Crippen molar-refractivity contribution in [1.29, 1.82) is 0 Å². The lowest BCUT2D eigenvalue weighted by molar-refractivity contribution is -0.384. The third-order valence-electron chi connectivity index (χ3n) is 4.76. The highest BCUT2D eigenvalue weighted by Crippen LogP contribution is 2.45. The van der Waals surface area contributed by atoms with E-state index in [0.29, 0.717) is 5.56 Å². The Hall–Kier alpha value is -3.24. The van der Waals surface area contributed by atoms with Crippen LogP contribution in [0.15, 0.2) is 78.9 Å². The maximum Gasteiger partial charge on any atom is 0.277 e. The third kappa shape index (κ3) is 2.13. The highest BCUT2D eigenvalue weighted by molar-refractivity contribution is 7.26. The molecule has 1 heterocycles. The van der Waals surface area contributed by atoms with Crippen LogP contribution < -0.4 is 0 Å². The number of thiophene rings is 1. The van der Waals surface area contributed by atoms with Crippen molar-refractivity contribution in [2.75, 3.05) is 0 Å². The van der Waals surface area contributed by atoms with Crippen LogP contribution in [0, 0.1) is 10.1 Å². The molecule has 5 aromatic rings. The van der Waals surface area contributed by atoms with Crippen molar-refractivity contribution >= 4 is 48.0 Å². The number of benzene rings is 4. The second kappa shape index (κ2) is 5.64. The zero-order valence-corrected chi connectivity index (χ0v) is 14.5. The van der Waals surface area contributed by atoms with Crippen molar-refractivity contribution < 1.29 is 4.92 Å². The molecule has 0 amide bonds. The average Bonchev–Trinajstić information content (AvgIpc) is 3.07. The summed E-state index contributed by atoms with van der Waals surface area (Å²) in [4.78, 5) is 11.3. The Labute approximate surface area is 153 Å². The molecule has 0 fully saturated rings. The summed E-state index contributed by atoms with van der Waals surface area (Å²) in [6.45, 7) is 0. The van der Waals surface area contributed by atoms with E-state index in [9.17, 15) is 10.1 Å². The molecule has 0 radical (unpaired) electrons. The van der Waals surface area contributed by atoms with E-state index in [1.165, 1.54) is 14.8 Å². The first kappa shape index (κ1) is 15.0. The van der Waals surface area contributed by atoms with E-state index in [0.717, 1.165) is 21.7 Å². The van der Waals surface area contributed by atoms with Crippen molar-refractivity contribution in [2.45, 2.75) is 0 Å². The van der Waals surface area contributed by atoms with Gasteiger partial charge in [-0.15, -0.1) is 11.3 Å². The van der Waals surface area contributed by atoms with Crippen LogP contribution >= 0.6 is 11.3 Å². The molecular weight excluding hydrogens is 342 g/mol.